The number of thiophene rings is 1. The number of esters is 2. The number of sulfonamides is 1. The van der Waals surface area contributed by atoms with Gasteiger partial charge in [-0.1, -0.05) is 0 Å². The third-order valence-electron chi connectivity index (χ3n) is 4.86. The van der Waals surface area contributed by atoms with Crippen LogP contribution in [0, 0.1) is 0 Å². The van der Waals surface area contributed by atoms with Gasteiger partial charge in [0.05, 0.1) is 22.6 Å². The van der Waals surface area contributed by atoms with E-state index in [9.17, 15) is 22.8 Å². The fourth-order valence-corrected chi connectivity index (χ4v) is 5.46. The van der Waals surface area contributed by atoms with Crippen molar-refractivity contribution in [3.8, 4) is 0 Å². The van der Waals surface area contributed by atoms with Crippen molar-refractivity contribution in [1.82, 2.24) is 4.31 Å². The minimum atomic E-state index is -3.61. The van der Waals surface area contributed by atoms with Gasteiger partial charge in [0.2, 0.25) is 10.0 Å². The molecule has 0 atom stereocenters. The highest BCUT2D eigenvalue weighted by Gasteiger charge is 2.28. The van der Waals surface area contributed by atoms with Gasteiger partial charge in [-0.15, -0.1) is 11.3 Å². The molecule has 0 bridgehead atoms. The maximum Gasteiger partial charge on any atom is 0.341 e. The van der Waals surface area contributed by atoms with E-state index >= 15 is 0 Å². The maximum absolute atomic E-state index is 12.4. The van der Waals surface area contributed by atoms with Crippen LogP contribution in [0.2, 0.25) is 0 Å². The van der Waals surface area contributed by atoms with Gasteiger partial charge in [0.15, 0.2) is 6.61 Å². The summed E-state index contributed by atoms with van der Waals surface area (Å²) >= 11 is 1.33. The first kappa shape index (κ1) is 23.9. The number of benzene rings is 1. The third kappa shape index (κ3) is 5.00. The molecule has 0 aliphatic heterocycles. The van der Waals surface area contributed by atoms with Gasteiger partial charge in [-0.3, -0.25) is 4.79 Å². The number of hydrogen-bond donors (Lipinski definition) is 1. The Morgan fingerprint density at radius 3 is 2.38 bits per heavy atom. The molecule has 172 valence electrons. The third-order valence-corrected chi connectivity index (χ3v) is 7.89. The quantitative estimate of drug-likeness (QED) is 0.577. The van der Waals surface area contributed by atoms with Gasteiger partial charge in [0.25, 0.3) is 5.91 Å². The van der Waals surface area contributed by atoms with Crippen LogP contribution in [0.25, 0.3) is 0 Å². The Morgan fingerprint density at radius 1 is 1.06 bits per heavy atom. The standard InChI is InChI=1S/C21H24N2O7S2/c1-4-29-21(26)18-15-6-5-7-16(15)31-19(18)22-17(24)12-30-20(25)13-8-10-14(11-9-13)32(27,28)23(2)3/h8-11H,4-7,12H2,1-3H3,(H,22,24). The first-order valence-corrected chi connectivity index (χ1v) is 12.2. The number of carbonyl (C=O) groups excluding carboxylic acids is 3. The van der Waals surface area contributed by atoms with Gasteiger partial charge in [-0.05, 0) is 56.0 Å². The van der Waals surface area contributed by atoms with Gasteiger partial charge >= 0.3 is 11.9 Å². The van der Waals surface area contributed by atoms with Crippen LogP contribution in [0.3, 0.4) is 0 Å². The minimum Gasteiger partial charge on any atom is -0.462 e. The molecule has 0 spiro atoms. The number of rotatable bonds is 8. The number of anilines is 1. The molecular formula is C21H24N2O7S2. The smallest absolute Gasteiger partial charge is 0.341 e. The summed E-state index contributed by atoms with van der Waals surface area (Å²) < 4.78 is 35.4. The fraction of sp³-hybridized carbons (Fsp3) is 0.381. The van der Waals surface area contributed by atoms with Gasteiger partial charge in [-0.2, -0.15) is 0 Å². The lowest BCUT2D eigenvalue weighted by Gasteiger charge is -2.11. The Morgan fingerprint density at radius 2 is 1.75 bits per heavy atom. The Kier molecular flexibility index (Phi) is 7.32. The molecule has 9 nitrogen and oxygen atoms in total. The highest BCUT2D eigenvalue weighted by atomic mass is 32.2. The van der Waals surface area contributed by atoms with E-state index in [0.29, 0.717) is 10.6 Å². The van der Waals surface area contributed by atoms with Crippen LogP contribution in [-0.2, 0) is 37.1 Å². The molecule has 0 saturated heterocycles. The molecule has 0 saturated carbocycles. The average molecular weight is 481 g/mol. The van der Waals surface area contributed by atoms with Crippen LogP contribution in [0.15, 0.2) is 29.2 Å². The first-order valence-electron chi connectivity index (χ1n) is 9.96. The van der Waals surface area contributed by atoms with Crippen LogP contribution in [-0.4, -0.2) is 57.9 Å². The molecule has 0 radical (unpaired) electrons. The minimum absolute atomic E-state index is 0.0361. The summed E-state index contributed by atoms with van der Waals surface area (Å²) in [5.74, 6) is -1.84. The number of carbonyl (C=O) groups is 3. The molecule has 3 rings (SSSR count). The van der Waals surface area contributed by atoms with E-state index in [-0.39, 0.29) is 17.1 Å². The van der Waals surface area contributed by atoms with Crippen molar-refractivity contribution in [3.63, 3.8) is 0 Å². The van der Waals surface area contributed by atoms with Crippen molar-refractivity contribution < 1.29 is 32.3 Å². The van der Waals surface area contributed by atoms with E-state index in [2.05, 4.69) is 5.32 Å². The Hall–Kier alpha value is -2.76. The van der Waals surface area contributed by atoms with Crippen molar-refractivity contribution in [2.75, 3.05) is 32.6 Å². The Balaban J connectivity index is 1.63. The topological polar surface area (TPSA) is 119 Å². The molecule has 32 heavy (non-hydrogen) atoms. The zero-order valence-electron chi connectivity index (χ0n) is 18.0. The van der Waals surface area contributed by atoms with Crippen LogP contribution in [0.4, 0.5) is 5.00 Å². The highest BCUT2D eigenvalue weighted by molar-refractivity contribution is 7.89. The number of fused-ring (bicyclic) bond motifs is 1. The molecule has 1 amide bonds. The zero-order chi connectivity index (χ0) is 23.5. The number of aryl methyl sites for hydroxylation is 1. The van der Waals surface area contributed by atoms with Gasteiger partial charge in [-0.25, -0.2) is 22.3 Å². The van der Waals surface area contributed by atoms with Crippen LogP contribution >= 0.6 is 11.3 Å². The number of amides is 1. The van der Waals surface area contributed by atoms with Crippen LogP contribution < -0.4 is 5.32 Å². The fourth-order valence-electron chi connectivity index (χ4n) is 3.26. The molecule has 1 aliphatic rings. The van der Waals surface area contributed by atoms with Crippen LogP contribution in [0.5, 0.6) is 0 Å². The zero-order valence-corrected chi connectivity index (χ0v) is 19.6. The second-order valence-corrected chi connectivity index (χ2v) is 10.5. The number of nitrogens with zero attached hydrogens (tertiary/aromatic N) is 1. The maximum atomic E-state index is 12.4. The second kappa shape index (κ2) is 9.80. The molecule has 1 aromatic carbocycles. The summed E-state index contributed by atoms with van der Waals surface area (Å²) in [6.07, 6.45) is 2.55. The normalized spacial score (nSPS) is 13.0. The Labute approximate surface area is 190 Å². The molecule has 1 aliphatic carbocycles. The monoisotopic (exact) mass is 480 g/mol. The molecule has 11 heteroatoms. The average Bonchev–Trinajstić information content (AvgIpc) is 3.32. The summed E-state index contributed by atoms with van der Waals surface area (Å²) in [7, 11) is -0.797. The van der Waals surface area contributed by atoms with E-state index in [0.717, 1.165) is 34.0 Å². The van der Waals surface area contributed by atoms with E-state index < -0.39 is 34.5 Å². The van der Waals surface area contributed by atoms with E-state index in [1.807, 2.05) is 0 Å². The van der Waals surface area contributed by atoms with E-state index in [4.69, 9.17) is 9.47 Å². The number of nitrogens with one attached hydrogen (secondary N) is 1. The second-order valence-electron chi connectivity index (χ2n) is 7.22. The summed E-state index contributed by atoms with van der Waals surface area (Å²) in [4.78, 5) is 38.0. The van der Waals surface area contributed by atoms with Gasteiger partial charge < -0.3 is 14.8 Å². The largest absolute Gasteiger partial charge is 0.462 e. The predicted octanol–water partition coefficient (Wildman–Crippen LogP) is 2.46. The van der Waals surface area contributed by atoms with E-state index in [1.165, 1.54) is 49.7 Å². The highest BCUT2D eigenvalue weighted by Crippen LogP contribution is 2.39. The molecule has 2 aromatic rings. The van der Waals surface area contributed by atoms with Crippen LogP contribution in [0.1, 0.15) is 44.5 Å². The molecule has 1 N–H and O–H groups in total. The van der Waals surface area contributed by atoms with Crippen molar-refractivity contribution >= 4 is 44.2 Å². The predicted molar refractivity (Wildman–Crippen MR) is 119 cm³/mol. The van der Waals surface area contributed by atoms with Gasteiger partial charge in [0.1, 0.15) is 5.00 Å². The lowest BCUT2D eigenvalue weighted by Crippen LogP contribution is -2.23. The van der Waals surface area contributed by atoms with Gasteiger partial charge in [0, 0.05) is 19.0 Å². The molecule has 0 fully saturated rings. The number of hydrogen-bond acceptors (Lipinski definition) is 8. The van der Waals surface area contributed by atoms with Crippen molar-refractivity contribution in [1.29, 1.82) is 0 Å². The lowest BCUT2D eigenvalue weighted by molar-refractivity contribution is -0.119. The number of ether oxygens (including phenoxy) is 2. The summed E-state index contributed by atoms with van der Waals surface area (Å²) in [6, 6.07) is 5.23. The lowest BCUT2D eigenvalue weighted by atomic mass is 10.1. The van der Waals surface area contributed by atoms with Crippen molar-refractivity contribution in [2.24, 2.45) is 0 Å². The van der Waals surface area contributed by atoms with Crippen molar-refractivity contribution in [2.45, 2.75) is 31.1 Å². The SMILES string of the molecule is CCOC(=O)c1c(NC(=O)COC(=O)c2ccc(S(=O)(=O)N(C)C)cc2)sc2c1CCC2. The van der Waals surface area contributed by atoms with Crippen molar-refractivity contribution in [3.05, 3.63) is 45.8 Å². The first-order chi connectivity index (χ1) is 15.1. The summed E-state index contributed by atoms with van der Waals surface area (Å²) in [6.45, 7) is 1.38. The molecular weight excluding hydrogens is 456 g/mol. The summed E-state index contributed by atoms with van der Waals surface area (Å²) in [5, 5.41) is 3.04. The molecule has 1 heterocycles. The summed E-state index contributed by atoms with van der Waals surface area (Å²) in [5.41, 5.74) is 1.40. The molecule has 0 unspecified atom stereocenters. The molecule has 1 aromatic heterocycles. The van der Waals surface area contributed by atoms with E-state index in [1.54, 1.807) is 6.92 Å². The Bertz CT molecular complexity index is 1140.